The molecule has 0 bridgehead atoms. The van der Waals surface area contributed by atoms with Gasteiger partial charge in [0.15, 0.2) is 0 Å². The van der Waals surface area contributed by atoms with Gasteiger partial charge in [-0.2, -0.15) is 0 Å². The molecule has 3 atom stereocenters. The lowest BCUT2D eigenvalue weighted by atomic mass is 10.0. The number of phosphoric ester groups is 1. The molecule has 0 saturated carbocycles. The lowest BCUT2D eigenvalue weighted by Crippen LogP contribution is -2.34. The molecule has 0 radical (unpaired) electrons. The first kappa shape index (κ1) is 61.9. The second kappa shape index (κ2) is 48.8. The van der Waals surface area contributed by atoms with Gasteiger partial charge in [-0.25, -0.2) is 4.57 Å². The predicted octanol–water partition coefficient (Wildman–Crippen LogP) is 14.9. The maximum Gasteiger partial charge on any atom is 0.472 e. The van der Waals surface area contributed by atoms with Crippen LogP contribution in [-0.4, -0.2) is 60.5 Å². The Labute approximate surface area is 396 Å². The number of ether oxygens (including phenoxy) is 2. The van der Waals surface area contributed by atoms with Crippen molar-refractivity contribution in [3.05, 3.63) is 97.2 Å². The number of rotatable bonds is 47. The van der Waals surface area contributed by atoms with Gasteiger partial charge in [0.25, 0.3) is 0 Å². The summed E-state index contributed by atoms with van der Waals surface area (Å²) in [4.78, 5) is 33.6. The van der Waals surface area contributed by atoms with Crippen LogP contribution in [0, 0.1) is 0 Å². The number of carboxylic acids is 1. The minimum Gasteiger partial charge on any atom is -0.480 e. The van der Waals surface area contributed by atoms with Crippen molar-refractivity contribution in [3.8, 4) is 0 Å². The van der Waals surface area contributed by atoms with Crippen LogP contribution in [0.15, 0.2) is 97.2 Å². The van der Waals surface area contributed by atoms with Crippen molar-refractivity contribution in [3.63, 3.8) is 0 Å². The summed E-state index contributed by atoms with van der Waals surface area (Å²) in [6, 6.07) is -1.49. The lowest BCUT2D eigenvalue weighted by Gasteiger charge is -2.20. The van der Waals surface area contributed by atoms with E-state index in [0.717, 1.165) is 64.2 Å². The van der Waals surface area contributed by atoms with E-state index >= 15 is 0 Å². The largest absolute Gasteiger partial charge is 0.480 e. The molecule has 0 amide bonds. The molecule has 372 valence electrons. The Balaban J connectivity index is 4.25. The van der Waals surface area contributed by atoms with Gasteiger partial charge in [0.05, 0.1) is 19.8 Å². The number of unbranched alkanes of at least 4 members (excludes halogenated alkanes) is 17. The van der Waals surface area contributed by atoms with Crippen molar-refractivity contribution in [1.29, 1.82) is 0 Å². The van der Waals surface area contributed by atoms with Crippen molar-refractivity contribution in [2.75, 3.05) is 26.4 Å². The number of carbonyl (C=O) groups is 2. The van der Waals surface area contributed by atoms with E-state index in [1.165, 1.54) is 103 Å². The zero-order chi connectivity index (χ0) is 47.6. The Morgan fingerprint density at radius 2 is 0.892 bits per heavy atom. The molecular weight excluding hydrogens is 838 g/mol. The molecule has 10 nitrogen and oxygen atoms in total. The van der Waals surface area contributed by atoms with Crippen molar-refractivity contribution >= 4 is 19.8 Å². The van der Waals surface area contributed by atoms with E-state index in [2.05, 4.69) is 98.9 Å². The minimum absolute atomic E-state index is 0.0199. The first-order valence-electron chi connectivity index (χ1n) is 25.3. The van der Waals surface area contributed by atoms with E-state index in [1.54, 1.807) is 0 Å². The molecule has 0 aliphatic carbocycles. The first-order valence-corrected chi connectivity index (χ1v) is 26.8. The highest BCUT2D eigenvalue weighted by Crippen LogP contribution is 2.43. The van der Waals surface area contributed by atoms with Gasteiger partial charge >= 0.3 is 19.8 Å². The van der Waals surface area contributed by atoms with Gasteiger partial charge in [0.2, 0.25) is 0 Å². The Morgan fingerprint density at radius 3 is 1.34 bits per heavy atom. The quantitative estimate of drug-likeness (QED) is 0.0232. The Bertz CT molecular complexity index is 1400. The van der Waals surface area contributed by atoms with Crippen LogP contribution in [-0.2, 0) is 32.7 Å². The molecule has 65 heavy (non-hydrogen) atoms. The number of nitrogens with two attached hydrogens (primary N) is 1. The summed E-state index contributed by atoms with van der Waals surface area (Å²) in [5.41, 5.74) is 5.37. The van der Waals surface area contributed by atoms with Crippen LogP contribution in [0.25, 0.3) is 0 Å². The fourth-order valence-corrected chi connectivity index (χ4v) is 7.26. The van der Waals surface area contributed by atoms with Gasteiger partial charge in [-0.05, 0) is 83.5 Å². The number of phosphoric acid groups is 1. The number of hydrogen-bond acceptors (Lipinski definition) is 8. The molecule has 0 aliphatic heterocycles. The highest BCUT2D eigenvalue weighted by Gasteiger charge is 2.27. The third-order valence-electron chi connectivity index (χ3n) is 10.4. The molecule has 0 rings (SSSR count). The average molecular weight is 930 g/mol. The van der Waals surface area contributed by atoms with Crippen molar-refractivity contribution in [2.45, 2.75) is 206 Å². The zero-order valence-electron chi connectivity index (χ0n) is 40.8. The van der Waals surface area contributed by atoms with E-state index in [-0.39, 0.29) is 13.0 Å². The van der Waals surface area contributed by atoms with E-state index in [0.29, 0.717) is 13.0 Å². The van der Waals surface area contributed by atoms with Gasteiger partial charge in [-0.15, -0.1) is 0 Å². The van der Waals surface area contributed by atoms with Crippen LogP contribution in [0.4, 0.5) is 0 Å². The van der Waals surface area contributed by atoms with Crippen LogP contribution in [0.2, 0.25) is 0 Å². The maximum absolute atomic E-state index is 12.7. The van der Waals surface area contributed by atoms with Gasteiger partial charge in [-0.1, -0.05) is 201 Å². The third-order valence-corrected chi connectivity index (χ3v) is 11.3. The summed E-state index contributed by atoms with van der Waals surface area (Å²) < 4.78 is 33.4. The molecule has 0 aliphatic rings. The van der Waals surface area contributed by atoms with E-state index in [1.807, 2.05) is 12.2 Å². The smallest absolute Gasteiger partial charge is 0.472 e. The monoisotopic (exact) mass is 930 g/mol. The number of hydrogen-bond donors (Lipinski definition) is 3. The number of allylic oxidation sites excluding steroid dienone is 16. The molecule has 0 spiro atoms. The molecule has 0 heterocycles. The van der Waals surface area contributed by atoms with Crippen molar-refractivity contribution in [1.82, 2.24) is 0 Å². The average Bonchev–Trinajstić information content (AvgIpc) is 3.29. The van der Waals surface area contributed by atoms with E-state index < -0.39 is 45.1 Å². The van der Waals surface area contributed by atoms with E-state index in [9.17, 15) is 19.0 Å². The summed E-state index contributed by atoms with van der Waals surface area (Å²) >= 11 is 0. The number of carboxylic acid groups (broad SMARTS) is 1. The normalized spacial score (nSPS) is 14.5. The standard InChI is InChI=1S/C54H92NO9P/c1-3-5-7-9-11-13-15-17-19-21-23-24-25-26-27-29-31-33-35-37-39-41-43-45-47-61-48-51(49-62-65(59,60)63-50-52(55)54(57)58)64-53(56)46-44-42-40-38-36-34-32-30-28-22-20-18-16-14-12-10-8-6-4-2/h6,8,12,14-15,17-18,20-21,23,28,30,34,36,40,42,51-52H,3-5,7,9-11,13,16,19,22,24-27,29,31-33,35,37-39,41,43-50,55H2,1-2H3,(H,57,58)(H,59,60)/b8-6-,14-12-,17-15-,20-18-,23-21-,30-28-,36-34-,42-40-. The Kier molecular flexibility index (Phi) is 46.5. The number of aliphatic carboxylic acids is 1. The topological polar surface area (TPSA) is 155 Å². The van der Waals surface area contributed by atoms with E-state index in [4.69, 9.17) is 29.4 Å². The van der Waals surface area contributed by atoms with Crippen LogP contribution in [0.5, 0.6) is 0 Å². The second-order valence-electron chi connectivity index (χ2n) is 16.6. The lowest BCUT2D eigenvalue weighted by molar-refractivity contribution is -0.154. The molecule has 0 aromatic rings. The molecule has 0 fully saturated rings. The van der Waals surface area contributed by atoms with Gasteiger partial charge in [-0.3, -0.25) is 18.6 Å². The first-order chi connectivity index (χ1) is 31.7. The fourth-order valence-electron chi connectivity index (χ4n) is 6.48. The Morgan fingerprint density at radius 1 is 0.508 bits per heavy atom. The van der Waals surface area contributed by atoms with Crippen LogP contribution in [0.3, 0.4) is 0 Å². The maximum atomic E-state index is 12.7. The Hall–Kier alpha value is -3.11. The van der Waals surface area contributed by atoms with Crippen LogP contribution in [0.1, 0.15) is 194 Å². The molecular formula is C54H92NO9P. The molecule has 3 unspecified atom stereocenters. The predicted molar refractivity (Wildman–Crippen MR) is 272 cm³/mol. The third kappa shape index (κ3) is 48.6. The summed E-state index contributed by atoms with van der Waals surface area (Å²) in [5.74, 6) is -1.87. The fraction of sp³-hybridized carbons (Fsp3) is 0.667. The molecule has 0 aromatic heterocycles. The minimum atomic E-state index is -4.65. The summed E-state index contributed by atoms with van der Waals surface area (Å²) in [7, 11) is -4.65. The van der Waals surface area contributed by atoms with Gasteiger partial charge < -0.3 is 25.2 Å². The van der Waals surface area contributed by atoms with Crippen molar-refractivity contribution < 1.29 is 42.7 Å². The SMILES string of the molecule is CC/C=C\C/C=C\C/C=C\C/C=C\C/C=C\C/C=C\CCC(=O)OC(COCCCCCCCCCCCCCC/C=C\C/C=C\CCCCCCC)COP(=O)(O)OCC(N)C(=O)O. The molecule has 4 N–H and O–H groups in total. The van der Waals surface area contributed by atoms with Crippen LogP contribution < -0.4 is 5.73 Å². The molecule has 11 heteroatoms. The van der Waals surface area contributed by atoms with Crippen molar-refractivity contribution in [2.24, 2.45) is 5.73 Å². The summed E-state index contributed by atoms with van der Waals surface area (Å²) in [5, 5.41) is 8.92. The van der Waals surface area contributed by atoms with Crippen LogP contribution >= 0.6 is 7.82 Å². The summed E-state index contributed by atoms with van der Waals surface area (Å²) in [6.07, 6.45) is 64.8. The summed E-state index contributed by atoms with van der Waals surface area (Å²) in [6.45, 7) is 3.66. The number of carbonyl (C=O) groups excluding carboxylic acids is 1. The highest BCUT2D eigenvalue weighted by molar-refractivity contribution is 7.47. The molecule has 0 saturated heterocycles. The van der Waals surface area contributed by atoms with Gasteiger partial charge in [0, 0.05) is 13.0 Å². The number of esters is 1. The second-order valence-corrected chi connectivity index (χ2v) is 18.0. The van der Waals surface area contributed by atoms with Gasteiger partial charge in [0.1, 0.15) is 12.1 Å². The molecule has 0 aromatic carbocycles. The highest BCUT2D eigenvalue weighted by atomic mass is 31.2. The zero-order valence-corrected chi connectivity index (χ0v) is 41.7.